The average Bonchev–Trinajstić information content (AvgIpc) is 2.85. The fourth-order valence-electron chi connectivity index (χ4n) is 3.79. The van der Waals surface area contributed by atoms with Crippen LogP contribution in [0.5, 0.6) is 0 Å². The van der Waals surface area contributed by atoms with Crippen LogP contribution in [0.3, 0.4) is 0 Å². The second-order valence-corrected chi connectivity index (χ2v) is 8.82. The van der Waals surface area contributed by atoms with Crippen molar-refractivity contribution >= 4 is 41.2 Å². The summed E-state index contributed by atoms with van der Waals surface area (Å²) in [4.78, 5) is 60.9. The fraction of sp³-hybridized carbons (Fsp3) is 0.261. The van der Waals surface area contributed by atoms with Gasteiger partial charge in [-0.15, -0.1) is 11.8 Å². The molecule has 0 aromatic heterocycles. The van der Waals surface area contributed by atoms with Crippen molar-refractivity contribution in [3.05, 3.63) is 81.4 Å². The molecule has 0 radical (unpaired) electrons. The highest BCUT2D eigenvalue weighted by molar-refractivity contribution is 8.00. The second kappa shape index (κ2) is 9.90. The molecular formula is C23H19N3O7S. The maximum atomic E-state index is 12.8. The van der Waals surface area contributed by atoms with Crippen molar-refractivity contribution in [2.45, 2.75) is 30.5 Å². The summed E-state index contributed by atoms with van der Waals surface area (Å²) in [6.45, 7) is -0.184. The summed E-state index contributed by atoms with van der Waals surface area (Å²) in [5, 5.41) is 13.0. The van der Waals surface area contributed by atoms with Gasteiger partial charge in [0.25, 0.3) is 5.69 Å². The van der Waals surface area contributed by atoms with Gasteiger partial charge >= 0.3 is 5.97 Å². The van der Waals surface area contributed by atoms with Crippen molar-refractivity contribution in [3.8, 4) is 0 Å². The van der Waals surface area contributed by atoms with E-state index in [0.29, 0.717) is 5.56 Å². The van der Waals surface area contributed by atoms with Crippen molar-refractivity contribution in [1.82, 2.24) is 10.2 Å². The van der Waals surface area contributed by atoms with Crippen LogP contribution in [0, 0.1) is 10.1 Å². The van der Waals surface area contributed by atoms with Gasteiger partial charge in [0.05, 0.1) is 16.9 Å². The number of nitrogens with one attached hydrogen (secondary N) is 1. The van der Waals surface area contributed by atoms with E-state index in [-0.39, 0.29) is 35.9 Å². The molecular weight excluding hydrogens is 462 g/mol. The van der Waals surface area contributed by atoms with Crippen molar-refractivity contribution in [3.63, 3.8) is 0 Å². The highest BCUT2D eigenvalue weighted by Crippen LogP contribution is 2.40. The van der Waals surface area contributed by atoms with Gasteiger partial charge in [-0.1, -0.05) is 30.3 Å². The van der Waals surface area contributed by atoms with Crippen LogP contribution in [0.2, 0.25) is 0 Å². The SMILES string of the molecule is O=C=C1CS[C@@H]2C(NC(=O)Cc3ccccc3)C(=O)N2C1C(=O)OCc1ccc([N+](=O)[O-])cc1. The van der Waals surface area contributed by atoms with Crippen LogP contribution < -0.4 is 5.32 Å². The summed E-state index contributed by atoms with van der Waals surface area (Å²) in [7, 11) is 0. The zero-order valence-electron chi connectivity index (χ0n) is 17.7. The van der Waals surface area contributed by atoms with E-state index in [1.807, 2.05) is 30.3 Å². The number of rotatable bonds is 7. The third kappa shape index (κ3) is 4.70. The smallest absolute Gasteiger partial charge is 0.334 e. The molecule has 3 atom stereocenters. The first-order valence-electron chi connectivity index (χ1n) is 10.3. The summed E-state index contributed by atoms with van der Waals surface area (Å²) in [6, 6.07) is 12.5. The lowest BCUT2D eigenvalue weighted by Gasteiger charge is -2.52. The minimum Gasteiger partial charge on any atom is -0.459 e. The lowest BCUT2D eigenvalue weighted by molar-refractivity contribution is -0.384. The van der Waals surface area contributed by atoms with E-state index >= 15 is 0 Å². The molecule has 2 aromatic carbocycles. The molecule has 2 saturated heterocycles. The number of nitrogens with zero attached hydrogens (tertiary/aromatic N) is 2. The molecule has 4 rings (SSSR count). The van der Waals surface area contributed by atoms with Gasteiger partial charge in [-0.05, 0) is 23.3 Å². The number of benzene rings is 2. The molecule has 0 aliphatic carbocycles. The Labute approximate surface area is 198 Å². The monoisotopic (exact) mass is 481 g/mol. The number of carbonyl (C=O) groups is 3. The molecule has 2 aliphatic heterocycles. The molecule has 10 nitrogen and oxygen atoms in total. The maximum Gasteiger partial charge on any atom is 0.334 e. The molecule has 2 amide bonds. The normalized spacial score (nSPS) is 21.1. The first-order valence-corrected chi connectivity index (χ1v) is 11.3. The van der Waals surface area contributed by atoms with E-state index in [1.165, 1.54) is 40.9 Å². The Hall–Kier alpha value is -3.95. The van der Waals surface area contributed by atoms with E-state index < -0.39 is 34.3 Å². The number of hydrogen-bond donors (Lipinski definition) is 1. The van der Waals surface area contributed by atoms with Crippen molar-refractivity contribution in [2.24, 2.45) is 0 Å². The average molecular weight is 481 g/mol. The number of nitro benzene ring substituents is 1. The summed E-state index contributed by atoms with van der Waals surface area (Å²) in [5.74, 6) is 0.298. The van der Waals surface area contributed by atoms with Gasteiger partial charge in [0, 0.05) is 17.9 Å². The molecule has 2 aromatic rings. The summed E-state index contributed by atoms with van der Waals surface area (Å²) in [5.41, 5.74) is 1.30. The lowest BCUT2D eigenvalue weighted by Crippen LogP contribution is -2.74. The van der Waals surface area contributed by atoms with Gasteiger partial charge in [0.15, 0.2) is 6.04 Å². The largest absolute Gasteiger partial charge is 0.459 e. The first-order chi connectivity index (χ1) is 16.4. The molecule has 11 heteroatoms. The van der Waals surface area contributed by atoms with Gasteiger partial charge < -0.3 is 15.0 Å². The molecule has 0 saturated carbocycles. The Kier molecular flexibility index (Phi) is 6.76. The van der Waals surface area contributed by atoms with Crippen molar-refractivity contribution in [1.29, 1.82) is 0 Å². The Morgan fingerprint density at radius 1 is 1.15 bits per heavy atom. The number of β-lactam (4-membered cyclic amide) rings is 1. The number of fused-ring (bicyclic) bond motifs is 1. The van der Waals surface area contributed by atoms with Crippen LogP contribution >= 0.6 is 11.8 Å². The minimum absolute atomic E-state index is 0.0809. The fourth-order valence-corrected chi connectivity index (χ4v) is 5.12. The molecule has 0 bridgehead atoms. The Morgan fingerprint density at radius 2 is 1.85 bits per heavy atom. The molecule has 0 spiro atoms. The van der Waals surface area contributed by atoms with Crippen LogP contribution in [0.1, 0.15) is 11.1 Å². The van der Waals surface area contributed by atoms with Gasteiger partial charge in [-0.2, -0.15) is 0 Å². The number of hydrogen-bond acceptors (Lipinski definition) is 8. The number of carbonyl (C=O) groups excluding carboxylic acids is 4. The number of amides is 2. The lowest BCUT2D eigenvalue weighted by atomic mass is 9.98. The van der Waals surface area contributed by atoms with Gasteiger partial charge in [0.1, 0.15) is 24.0 Å². The standard InChI is InChI=1S/C23H19N3O7S/c27-11-16-13-34-22-19(24-18(28)10-14-4-2-1-3-5-14)21(29)25(22)20(16)23(30)33-12-15-6-8-17(9-7-15)26(31)32/h1-9,19-20,22H,10,12-13H2,(H,24,28)/t19?,20?,22-/m1/s1. The highest BCUT2D eigenvalue weighted by atomic mass is 32.2. The van der Waals surface area contributed by atoms with E-state index in [1.54, 1.807) is 5.94 Å². The highest BCUT2D eigenvalue weighted by Gasteiger charge is 2.57. The van der Waals surface area contributed by atoms with Crippen molar-refractivity contribution in [2.75, 3.05) is 5.75 Å². The van der Waals surface area contributed by atoms with Crippen LogP contribution in [0.25, 0.3) is 0 Å². The molecule has 2 aliphatic rings. The summed E-state index contributed by atoms with van der Waals surface area (Å²) in [6.07, 6.45) is 0.113. The van der Waals surface area contributed by atoms with Crippen LogP contribution in [0.4, 0.5) is 5.69 Å². The third-order valence-corrected chi connectivity index (χ3v) is 6.82. The molecule has 174 valence electrons. The molecule has 1 N–H and O–H groups in total. The summed E-state index contributed by atoms with van der Waals surface area (Å²) < 4.78 is 5.30. The number of non-ortho nitro benzene ring substituents is 1. The van der Waals surface area contributed by atoms with Gasteiger partial charge in [-0.25, -0.2) is 9.59 Å². The molecule has 2 unspecified atom stereocenters. The first kappa shape index (κ1) is 23.2. The number of esters is 1. The molecule has 34 heavy (non-hydrogen) atoms. The van der Waals surface area contributed by atoms with Crippen LogP contribution in [0.15, 0.2) is 60.2 Å². The summed E-state index contributed by atoms with van der Waals surface area (Å²) >= 11 is 1.26. The van der Waals surface area contributed by atoms with E-state index in [4.69, 9.17) is 4.74 Å². The molecule has 2 fully saturated rings. The van der Waals surface area contributed by atoms with E-state index in [9.17, 15) is 29.3 Å². The Morgan fingerprint density at radius 3 is 2.50 bits per heavy atom. The van der Waals surface area contributed by atoms with Gasteiger partial charge in [0.2, 0.25) is 11.8 Å². The van der Waals surface area contributed by atoms with Crippen molar-refractivity contribution < 1.29 is 28.8 Å². The van der Waals surface area contributed by atoms with E-state index in [0.717, 1.165) is 5.56 Å². The predicted molar refractivity (Wildman–Crippen MR) is 121 cm³/mol. The van der Waals surface area contributed by atoms with Gasteiger partial charge in [-0.3, -0.25) is 19.7 Å². The number of ether oxygens (including phenoxy) is 1. The van der Waals surface area contributed by atoms with Crippen LogP contribution in [-0.2, 0) is 36.9 Å². The Balaban J connectivity index is 1.40. The topological polar surface area (TPSA) is 136 Å². The quantitative estimate of drug-likeness (QED) is 0.206. The minimum atomic E-state index is -1.23. The maximum absolute atomic E-state index is 12.8. The molecule has 2 heterocycles. The number of thioether (sulfide) groups is 1. The Bertz CT molecular complexity index is 1180. The van der Waals surface area contributed by atoms with E-state index in [2.05, 4.69) is 5.32 Å². The third-order valence-electron chi connectivity index (χ3n) is 5.50. The van der Waals surface area contributed by atoms with Crippen LogP contribution in [-0.4, -0.2) is 56.8 Å². The second-order valence-electron chi connectivity index (χ2n) is 7.72. The zero-order valence-corrected chi connectivity index (χ0v) is 18.5. The zero-order chi connectivity index (χ0) is 24.2. The predicted octanol–water partition coefficient (Wildman–Crippen LogP) is 1.41. The number of nitro groups is 1.